The molecule has 0 atom stereocenters. The molecule has 1 aromatic carbocycles. The van der Waals surface area contributed by atoms with Crippen LogP contribution in [-0.4, -0.2) is 54.6 Å². The smallest absolute Gasteiger partial charge is 0.254 e. The number of sulfonamides is 1. The van der Waals surface area contributed by atoms with Crippen molar-refractivity contribution in [1.82, 2.24) is 14.3 Å². The highest BCUT2D eigenvalue weighted by molar-refractivity contribution is 7.89. The summed E-state index contributed by atoms with van der Waals surface area (Å²) in [7, 11) is -2.41. The first-order valence-corrected chi connectivity index (χ1v) is 10.1. The number of hydrogen-bond acceptors (Lipinski definition) is 6. The molecule has 1 aromatic heterocycles. The third-order valence-corrected chi connectivity index (χ3v) is 6.04. The molecular weight excluding hydrogens is 370 g/mol. The maximum Gasteiger partial charge on any atom is 0.254 e. The minimum atomic E-state index is -3.80. The molecule has 0 saturated heterocycles. The Morgan fingerprint density at radius 2 is 2.00 bits per heavy atom. The number of ether oxygens (including phenoxy) is 1. The minimum absolute atomic E-state index is 0.0233. The maximum atomic E-state index is 12.7. The third-order valence-electron chi connectivity index (χ3n) is 4.19. The van der Waals surface area contributed by atoms with E-state index in [0.29, 0.717) is 29.2 Å². The molecule has 8 nitrogen and oxygen atoms in total. The highest BCUT2D eigenvalue weighted by Gasteiger charge is 2.23. The first-order valence-electron chi connectivity index (χ1n) is 8.64. The fourth-order valence-corrected chi connectivity index (χ4v) is 3.59. The molecule has 1 heterocycles. The van der Waals surface area contributed by atoms with Gasteiger partial charge in [0.25, 0.3) is 5.56 Å². The van der Waals surface area contributed by atoms with E-state index in [2.05, 4.69) is 9.97 Å². The van der Waals surface area contributed by atoms with E-state index in [1.807, 2.05) is 6.92 Å². The number of nitrogens with zero attached hydrogens (tertiary/aromatic N) is 2. The highest BCUT2D eigenvalue weighted by Crippen LogP contribution is 2.31. The van der Waals surface area contributed by atoms with Crippen LogP contribution in [0.1, 0.15) is 24.6 Å². The molecule has 0 unspecified atom stereocenters. The van der Waals surface area contributed by atoms with E-state index >= 15 is 0 Å². The topological polar surface area (TPSA) is 113 Å². The molecular formula is C18H25N3O5S. The van der Waals surface area contributed by atoms with Gasteiger partial charge in [0.15, 0.2) is 0 Å². The molecule has 0 aliphatic carbocycles. The van der Waals surface area contributed by atoms with Gasteiger partial charge in [-0.05, 0) is 38.5 Å². The van der Waals surface area contributed by atoms with Crippen LogP contribution in [-0.2, 0) is 10.0 Å². The van der Waals surface area contributed by atoms with Gasteiger partial charge in [0.2, 0.25) is 10.0 Å². The predicted octanol–water partition coefficient (Wildman–Crippen LogP) is 1.46. The van der Waals surface area contributed by atoms with E-state index in [9.17, 15) is 13.2 Å². The molecule has 0 fully saturated rings. The van der Waals surface area contributed by atoms with E-state index in [4.69, 9.17) is 9.84 Å². The number of benzene rings is 1. The zero-order valence-electron chi connectivity index (χ0n) is 15.9. The molecule has 0 aliphatic rings. The fourth-order valence-electron chi connectivity index (χ4n) is 2.41. The molecule has 0 radical (unpaired) electrons. The second-order valence-corrected chi connectivity index (χ2v) is 8.23. The zero-order valence-corrected chi connectivity index (χ0v) is 16.8. The molecule has 2 rings (SSSR count). The summed E-state index contributed by atoms with van der Waals surface area (Å²) in [5, 5.41) is 9.03. The number of rotatable bonds is 8. The van der Waals surface area contributed by atoms with Crippen LogP contribution in [0.2, 0.25) is 0 Å². The normalized spacial score (nSPS) is 11.8. The molecule has 27 heavy (non-hydrogen) atoms. The predicted molar refractivity (Wildman–Crippen MR) is 102 cm³/mol. The Hall–Kier alpha value is -2.23. The van der Waals surface area contributed by atoms with Gasteiger partial charge < -0.3 is 14.8 Å². The van der Waals surface area contributed by atoms with Gasteiger partial charge in [-0.25, -0.2) is 13.4 Å². The summed E-state index contributed by atoms with van der Waals surface area (Å²) in [5.74, 6) is 0.683. The van der Waals surface area contributed by atoms with Gasteiger partial charge in [0.05, 0.1) is 23.7 Å². The average Bonchev–Trinajstić information content (AvgIpc) is 2.64. The van der Waals surface area contributed by atoms with Gasteiger partial charge in [0.1, 0.15) is 11.6 Å². The highest BCUT2D eigenvalue weighted by atomic mass is 32.2. The van der Waals surface area contributed by atoms with E-state index < -0.39 is 10.0 Å². The zero-order chi connectivity index (χ0) is 20.2. The third kappa shape index (κ3) is 4.55. The Morgan fingerprint density at radius 1 is 1.30 bits per heavy atom. The van der Waals surface area contributed by atoms with Crippen LogP contribution in [0.15, 0.2) is 27.9 Å². The molecule has 9 heteroatoms. The number of aromatic nitrogens is 2. The molecule has 0 aliphatic heterocycles. The van der Waals surface area contributed by atoms with Crippen molar-refractivity contribution in [3.63, 3.8) is 0 Å². The Labute approximate surface area is 158 Å². The molecule has 2 N–H and O–H groups in total. The van der Waals surface area contributed by atoms with Crippen LogP contribution in [0, 0.1) is 13.8 Å². The summed E-state index contributed by atoms with van der Waals surface area (Å²) < 4.78 is 32.2. The Kier molecular flexibility index (Phi) is 6.74. The van der Waals surface area contributed by atoms with E-state index in [1.165, 1.54) is 19.2 Å². The molecule has 0 amide bonds. The number of aliphatic hydroxyl groups excluding tert-OH is 1. The van der Waals surface area contributed by atoms with Gasteiger partial charge in [0, 0.05) is 24.8 Å². The fraction of sp³-hybridized carbons (Fsp3) is 0.444. The number of aromatic amines is 1. The van der Waals surface area contributed by atoms with Crippen LogP contribution < -0.4 is 10.3 Å². The average molecular weight is 395 g/mol. The standard InChI is InChI=1S/C18H25N3O5S/c1-5-10-26-16-7-6-14(27(24,25)21(4)8-9-22)11-15(16)17-19-13(3)12(2)18(23)20-17/h6-7,11,22H,5,8-10H2,1-4H3,(H,19,20,23). The van der Waals surface area contributed by atoms with Crippen LogP contribution in [0.5, 0.6) is 5.75 Å². The van der Waals surface area contributed by atoms with E-state index in [-0.39, 0.29) is 29.4 Å². The van der Waals surface area contributed by atoms with Crippen molar-refractivity contribution in [3.8, 4) is 17.1 Å². The first kappa shape index (κ1) is 21.1. The molecule has 0 bridgehead atoms. The number of hydrogen-bond donors (Lipinski definition) is 2. The lowest BCUT2D eigenvalue weighted by molar-refractivity contribution is 0.266. The minimum Gasteiger partial charge on any atom is -0.493 e. The maximum absolute atomic E-state index is 12.7. The van der Waals surface area contributed by atoms with Gasteiger partial charge in [-0.3, -0.25) is 4.79 Å². The van der Waals surface area contributed by atoms with E-state index in [0.717, 1.165) is 10.7 Å². The summed E-state index contributed by atoms with van der Waals surface area (Å²) >= 11 is 0. The van der Waals surface area contributed by atoms with Crippen molar-refractivity contribution in [2.24, 2.45) is 0 Å². The lowest BCUT2D eigenvalue weighted by Crippen LogP contribution is -2.29. The Balaban J connectivity index is 2.64. The van der Waals surface area contributed by atoms with Crippen LogP contribution in [0.25, 0.3) is 11.4 Å². The Morgan fingerprint density at radius 3 is 2.59 bits per heavy atom. The molecule has 0 spiro atoms. The van der Waals surface area contributed by atoms with Crippen LogP contribution in [0.3, 0.4) is 0 Å². The van der Waals surface area contributed by atoms with Gasteiger partial charge in [-0.1, -0.05) is 6.92 Å². The quantitative estimate of drug-likeness (QED) is 0.700. The molecule has 2 aromatic rings. The number of nitrogens with one attached hydrogen (secondary N) is 1. The van der Waals surface area contributed by atoms with Crippen molar-refractivity contribution in [2.45, 2.75) is 32.1 Å². The Bertz CT molecular complexity index is 969. The summed E-state index contributed by atoms with van der Waals surface area (Å²) in [6.07, 6.45) is 0.773. The second kappa shape index (κ2) is 8.64. The summed E-state index contributed by atoms with van der Waals surface area (Å²) in [6.45, 7) is 5.48. The number of aryl methyl sites for hydroxylation is 1. The lowest BCUT2D eigenvalue weighted by Gasteiger charge is -2.18. The van der Waals surface area contributed by atoms with Gasteiger partial charge in [-0.2, -0.15) is 4.31 Å². The first-order chi connectivity index (χ1) is 12.7. The van der Waals surface area contributed by atoms with E-state index in [1.54, 1.807) is 19.9 Å². The molecule has 148 valence electrons. The number of likely N-dealkylation sites (N-methyl/N-ethyl adjacent to an activating group) is 1. The number of H-pyrrole nitrogens is 1. The summed E-state index contributed by atoms with van der Waals surface area (Å²) in [6, 6.07) is 4.43. The van der Waals surface area contributed by atoms with Crippen molar-refractivity contribution >= 4 is 10.0 Å². The van der Waals surface area contributed by atoms with Crippen molar-refractivity contribution in [1.29, 1.82) is 0 Å². The van der Waals surface area contributed by atoms with Gasteiger partial charge >= 0.3 is 0 Å². The van der Waals surface area contributed by atoms with Crippen LogP contribution in [0.4, 0.5) is 0 Å². The monoisotopic (exact) mass is 395 g/mol. The second-order valence-electron chi connectivity index (χ2n) is 6.18. The lowest BCUT2D eigenvalue weighted by atomic mass is 10.1. The number of aliphatic hydroxyl groups is 1. The van der Waals surface area contributed by atoms with Crippen molar-refractivity contribution in [2.75, 3.05) is 26.8 Å². The van der Waals surface area contributed by atoms with Crippen LogP contribution >= 0.6 is 0 Å². The summed E-state index contributed by atoms with van der Waals surface area (Å²) in [4.78, 5) is 19.3. The SMILES string of the molecule is CCCOc1ccc(S(=O)(=O)N(C)CCO)cc1-c1nc(C)c(C)c(=O)[nH]1. The summed E-state index contributed by atoms with van der Waals surface area (Å²) in [5.41, 5.74) is 1.16. The molecule has 0 saturated carbocycles. The van der Waals surface area contributed by atoms with Crippen molar-refractivity contribution in [3.05, 3.63) is 39.8 Å². The van der Waals surface area contributed by atoms with Crippen molar-refractivity contribution < 1.29 is 18.3 Å². The van der Waals surface area contributed by atoms with Gasteiger partial charge in [-0.15, -0.1) is 0 Å². The largest absolute Gasteiger partial charge is 0.493 e.